The summed E-state index contributed by atoms with van der Waals surface area (Å²) in [5.41, 5.74) is 1.50. The van der Waals surface area contributed by atoms with Crippen LogP contribution in [0, 0.1) is 0 Å². The molecular weight excluding hydrogens is 228 g/mol. The SMILES string of the molecule is CCc1cc(C(=O)N2CCNCC2(C)C)n(C)n1. The monoisotopic (exact) mass is 250 g/mol. The lowest BCUT2D eigenvalue weighted by Crippen LogP contribution is -2.60. The smallest absolute Gasteiger partial charge is 0.272 e. The first-order chi connectivity index (χ1) is 8.45. The van der Waals surface area contributed by atoms with Gasteiger partial charge in [0.15, 0.2) is 0 Å². The van der Waals surface area contributed by atoms with Crippen molar-refractivity contribution in [2.45, 2.75) is 32.7 Å². The van der Waals surface area contributed by atoms with E-state index in [4.69, 9.17) is 0 Å². The zero-order valence-corrected chi connectivity index (χ0v) is 11.7. The predicted octanol–water partition coefficient (Wildman–Crippen LogP) is 0.806. The van der Waals surface area contributed by atoms with Gasteiger partial charge < -0.3 is 10.2 Å². The second-order valence-electron chi connectivity index (χ2n) is 5.44. The molecule has 2 heterocycles. The Morgan fingerprint density at radius 3 is 2.83 bits per heavy atom. The fraction of sp³-hybridized carbons (Fsp3) is 0.692. The fourth-order valence-electron chi connectivity index (χ4n) is 2.40. The first-order valence-corrected chi connectivity index (χ1v) is 6.51. The van der Waals surface area contributed by atoms with E-state index < -0.39 is 0 Å². The molecule has 1 saturated heterocycles. The number of carbonyl (C=O) groups excluding carboxylic acids is 1. The van der Waals surface area contributed by atoms with Crippen LogP contribution >= 0.6 is 0 Å². The van der Waals surface area contributed by atoms with Crippen molar-refractivity contribution in [3.63, 3.8) is 0 Å². The van der Waals surface area contributed by atoms with Crippen LogP contribution in [0.25, 0.3) is 0 Å². The Bertz CT molecular complexity index is 450. The minimum Gasteiger partial charge on any atom is -0.330 e. The lowest BCUT2D eigenvalue weighted by atomic mass is 9.99. The quantitative estimate of drug-likeness (QED) is 0.845. The van der Waals surface area contributed by atoms with E-state index in [2.05, 4.69) is 24.3 Å². The number of hydrogen-bond donors (Lipinski definition) is 1. The third-order valence-electron chi connectivity index (χ3n) is 3.56. The van der Waals surface area contributed by atoms with Crippen molar-refractivity contribution in [2.75, 3.05) is 19.6 Å². The van der Waals surface area contributed by atoms with Crippen molar-refractivity contribution < 1.29 is 4.79 Å². The van der Waals surface area contributed by atoms with Crippen molar-refractivity contribution in [3.8, 4) is 0 Å². The van der Waals surface area contributed by atoms with Gasteiger partial charge in [0.05, 0.1) is 11.2 Å². The third kappa shape index (κ3) is 2.27. The van der Waals surface area contributed by atoms with Gasteiger partial charge in [0.25, 0.3) is 5.91 Å². The molecule has 0 radical (unpaired) electrons. The van der Waals surface area contributed by atoms with E-state index in [0.29, 0.717) is 5.69 Å². The molecule has 1 amide bonds. The van der Waals surface area contributed by atoms with Crippen molar-refractivity contribution >= 4 is 5.91 Å². The summed E-state index contributed by atoms with van der Waals surface area (Å²) in [5, 5.41) is 7.67. The average Bonchev–Trinajstić information content (AvgIpc) is 2.69. The van der Waals surface area contributed by atoms with E-state index in [9.17, 15) is 4.79 Å². The maximum absolute atomic E-state index is 12.6. The number of amides is 1. The number of aromatic nitrogens is 2. The number of hydrogen-bond acceptors (Lipinski definition) is 3. The highest BCUT2D eigenvalue weighted by Crippen LogP contribution is 2.19. The van der Waals surface area contributed by atoms with E-state index in [1.54, 1.807) is 4.68 Å². The molecule has 100 valence electrons. The molecule has 0 bridgehead atoms. The van der Waals surface area contributed by atoms with Gasteiger partial charge in [0.2, 0.25) is 0 Å². The van der Waals surface area contributed by atoms with Crippen LogP contribution in [-0.4, -0.2) is 45.8 Å². The highest BCUT2D eigenvalue weighted by Gasteiger charge is 2.34. The number of carbonyl (C=O) groups is 1. The first kappa shape index (κ1) is 13.1. The Morgan fingerprint density at radius 1 is 1.56 bits per heavy atom. The van der Waals surface area contributed by atoms with Crippen LogP contribution in [0.4, 0.5) is 0 Å². The van der Waals surface area contributed by atoms with Crippen LogP contribution in [0.3, 0.4) is 0 Å². The Kier molecular flexibility index (Phi) is 3.43. The molecule has 0 saturated carbocycles. The molecule has 5 heteroatoms. The molecular formula is C13H22N4O. The minimum absolute atomic E-state index is 0.0798. The van der Waals surface area contributed by atoms with Crippen LogP contribution in [0.15, 0.2) is 6.07 Å². The summed E-state index contributed by atoms with van der Waals surface area (Å²) in [6.07, 6.45) is 0.853. The Balaban J connectivity index is 2.27. The van der Waals surface area contributed by atoms with Gasteiger partial charge in [0.1, 0.15) is 5.69 Å². The summed E-state index contributed by atoms with van der Waals surface area (Å²) >= 11 is 0. The molecule has 1 aliphatic heterocycles. The molecule has 1 aromatic rings. The second kappa shape index (κ2) is 4.72. The van der Waals surface area contributed by atoms with E-state index in [1.807, 2.05) is 24.9 Å². The molecule has 0 aromatic carbocycles. The molecule has 0 unspecified atom stereocenters. The second-order valence-corrected chi connectivity index (χ2v) is 5.44. The highest BCUT2D eigenvalue weighted by molar-refractivity contribution is 5.93. The Morgan fingerprint density at radius 2 is 2.28 bits per heavy atom. The molecule has 1 N–H and O–H groups in total. The highest BCUT2D eigenvalue weighted by atomic mass is 16.2. The lowest BCUT2D eigenvalue weighted by molar-refractivity contribution is 0.0466. The van der Waals surface area contributed by atoms with Crippen molar-refractivity contribution in [3.05, 3.63) is 17.5 Å². The normalized spacial score (nSPS) is 19.0. The standard InChI is InChI=1S/C13H22N4O/c1-5-10-8-11(16(4)15-10)12(18)17-7-6-14-9-13(17,2)3/h8,14H,5-7,9H2,1-4H3. The van der Waals surface area contributed by atoms with Gasteiger partial charge in [-0.05, 0) is 26.3 Å². The summed E-state index contributed by atoms with van der Waals surface area (Å²) in [4.78, 5) is 14.5. The van der Waals surface area contributed by atoms with E-state index in [0.717, 1.165) is 31.7 Å². The zero-order valence-electron chi connectivity index (χ0n) is 11.7. The third-order valence-corrected chi connectivity index (χ3v) is 3.56. The number of aryl methyl sites for hydroxylation is 2. The van der Waals surface area contributed by atoms with E-state index in [-0.39, 0.29) is 11.4 Å². The van der Waals surface area contributed by atoms with Gasteiger partial charge in [-0.2, -0.15) is 5.10 Å². The summed E-state index contributed by atoms with van der Waals surface area (Å²) in [7, 11) is 1.83. The predicted molar refractivity (Wildman–Crippen MR) is 70.6 cm³/mol. The summed E-state index contributed by atoms with van der Waals surface area (Å²) in [5.74, 6) is 0.0798. The fourth-order valence-corrected chi connectivity index (χ4v) is 2.40. The average molecular weight is 250 g/mol. The molecule has 1 fully saturated rings. The van der Waals surface area contributed by atoms with Crippen molar-refractivity contribution in [1.29, 1.82) is 0 Å². The first-order valence-electron chi connectivity index (χ1n) is 6.51. The maximum Gasteiger partial charge on any atom is 0.272 e. The summed E-state index contributed by atoms with van der Waals surface area (Å²) < 4.78 is 1.69. The molecule has 0 spiro atoms. The molecule has 5 nitrogen and oxygen atoms in total. The van der Waals surface area contributed by atoms with Crippen LogP contribution in [0.2, 0.25) is 0 Å². The zero-order chi connectivity index (χ0) is 13.3. The van der Waals surface area contributed by atoms with Crippen molar-refractivity contribution in [2.24, 2.45) is 7.05 Å². The van der Waals surface area contributed by atoms with Crippen LogP contribution in [0.1, 0.15) is 37.0 Å². The van der Waals surface area contributed by atoms with Crippen molar-refractivity contribution in [1.82, 2.24) is 20.0 Å². The lowest BCUT2D eigenvalue weighted by Gasteiger charge is -2.42. The summed E-state index contributed by atoms with van der Waals surface area (Å²) in [6.45, 7) is 8.66. The van der Waals surface area contributed by atoms with Gasteiger partial charge >= 0.3 is 0 Å². The molecule has 0 atom stereocenters. The number of piperazine rings is 1. The van der Waals surface area contributed by atoms with Gasteiger partial charge in [-0.1, -0.05) is 6.92 Å². The molecule has 1 aromatic heterocycles. The molecule has 18 heavy (non-hydrogen) atoms. The van der Waals surface area contributed by atoms with E-state index in [1.165, 1.54) is 0 Å². The van der Waals surface area contributed by atoms with Gasteiger partial charge in [-0.3, -0.25) is 9.48 Å². The van der Waals surface area contributed by atoms with Gasteiger partial charge in [-0.25, -0.2) is 0 Å². The number of rotatable bonds is 2. The molecule has 2 rings (SSSR count). The van der Waals surface area contributed by atoms with Gasteiger partial charge in [-0.15, -0.1) is 0 Å². The number of nitrogens with one attached hydrogen (secondary N) is 1. The largest absolute Gasteiger partial charge is 0.330 e. The molecule has 0 aliphatic carbocycles. The summed E-state index contributed by atoms with van der Waals surface area (Å²) in [6, 6.07) is 1.90. The maximum atomic E-state index is 12.6. The van der Waals surface area contributed by atoms with Crippen LogP contribution in [-0.2, 0) is 13.5 Å². The Labute approximate surface area is 108 Å². The molecule has 1 aliphatic rings. The van der Waals surface area contributed by atoms with E-state index >= 15 is 0 Å². The number of nitrogens with zero attached hydrogens (tertiary/aromatic N) is 3. The Hall–Kier alpha value is -1.36. The van der Waals surface area contributed by atoms with Crippen LogP contribution in [0.5, 0.6) is 0 Å². The minimum atomic E-state index is -0.147. The van der Waals surface area contributed by atoms with Gasteiger partial charge in [0, 0.05) is 26.7 Å². The van der Waals surface area contributed by atoms with Crippen LogP contribution < -0.4 is 5.32 Å². The topological polar surface area (TPSA) is 50.2 Å².